The second kappa shape index (κ2) is 7.77. The molecule has 1 aromatic carbocycles. The summed E-state index contributed by atoms with van der Waals surface area (Å²) >= 11 is 0. The zero-order valence-corrected chi connectivity index (χ0v) is 13.8. The van der Waals surface area contributed by atoms with Crippen LogP contribution in [0.2, 0.25) is 0 Å². The van der Waals surface area contributed by atoms with Gasteiger partial charge in [-0.05, 0) is 12.1 Å². The molecular weight excluding hydrogens is 324 g/mol. The van der Waals surface area contributed by atoms with Crippen LogP contribution in [-0.4, -0.2) is 63.8 Å². The van der Waals surface area contributed by atoms with E-state index < -0.39 is 0 Å². The number of aromatic amines is 1. The van der Waals surface area contributed by atoms with Crippen molar-refractivity contribution in [1.29, 1.82) is 0 Å². The fourth-order valence-corrected chi connectivity index (χ4v) is 2.45. The number of aliphatic hydroxyl groups is 2. The molecule has 0 aliphatic rings. The minimum atomic E-state index is -0.0664. The van der Waals surface area contributed by atoms with Crippen LogP contribution in [0.4, 0.5) is 17.5 Å². The van der Waals surface area contributed by atoms with E-state index in [2.05, 4.69) is 25.5 Å². The number of rotatable bonds is 8. The molecule has 0 atom stereocenters. The number of hydrogen-bond donors (Lipinski definition) is 4. The second-order valence-corrected chi connectivity index (χ2v) is 5.30. The highest BCUT2D eigenvalue weighted by atomic mass is 16.5. The van der Waals surface area contributed by atoms with E-state index in [1.54, 1.807) is 18.2 Å². The van der Waals surface area contributed by atoms with E-state index in [1.165, 1.54) is 0 Å². The second-order valence-electron chi connectivity index (χ2n) is 5.30. The molecule has 9 nitrogen and oxygen atoms in total. The lowest BCUT2D eigenvalue weighted by Gasteiger charge is -2.21. The van der Waals surface area contributed by atoms with Crippen LogP contribution in [0.3, 0.4) is 0 Å². The van der Waals surface area contributed by atoms with Crippen molar-refractivity contribution in [3.8, 4) is 5.75 Å². The standard InChI is InChI=1S/C16H20N6O3/c1-25-12-4-2-3-11(9-12)18-14-13-10-17-21-15(13)20-16(19-14)22(5-7-23)6-8-24/h2-4,9-10,23-24H,5-8H2,1H3,(H2,17,18,19,20,21). The van der Waals surface area contributed by atoms with E-state index in [4.69, 9.17) is 4.74 Å². The van der Waals surface area contributed by atoms with Crippen molar-refractivity contribution >= 4 is 28.5 Å². The Morgan fingerprint density at radius 3 is 2.72 bits per heavy atom. The van der Waals surface area contributed by atoms with Crippen molar-refractivity contribution in [1.82, 2.24) is 20.2 Å². The Hall–Kier alpha value is -2.91. The third-order valence-electron chi connectivity index (χ3n) is 3.65. The van der Waals surface area contributed by atoms with E-state index in [-0.39, 0.29) is 13.2 Å². The van der Waals surface area contributed by atoms with Crippen molar-refractivity contribution < 1.29 is 14.9 Å². The predicted molar refractivity (Wildman–Crippen MR) is 94.3 cm³/mol. The topological polar surface area (TPSA) is 119 Å². The van der Waals surface area contributed by atoms with Gasteiger partial charge in [-0.2, -0.15) is 15.1 Å². The number of nitrogens with one attached hydrogen (secondary N) is 2. The fraction of sp³-hybridized carbons (Fsp3) is 0.312. The molecule has 4 N–H and O–H groups in total. The predicted octanol–water partition coefficient (Wildman–Crippen LogP) is 0.896. The van der Waals surface area contributed by atoms with Crippen molar-refractivity contribution in [2.24, 2.45) is 0 Å². The molecule has 0 fully saturated rings. The van der Waals surface area contributed by atoms with Gasteiger partial charge in [0, 0.05) is 24.8 Å². The van der Waals surface area contributed by atoms with Crippen LogP contribution in [0, 0.1) is 0 Å². The lowest BCUT2D eigenvalue weighted by Crippen LogP contribution is -2.31. The molecule has 2 aromatic heterocycles. The third-order valence-corrected chi connectivity index (χ3v) is 3.65. The molecule has 0 bridgehead atoms. The number of ether oxygens (including phenoxy) is 1. The highest BCUT2D eigenvalue weighted by Gasteiger charge is 2.15. The first-order valence-corrected chi connectivity index (χ1v) is 7.84. The molecule has 0 aliphatic carbocycles. The third kappa shape index (κ3) is 3.78. The highest BCUT2D eigenvalue weighted by molar-refractivity contribution is 5.89. The van der Waals surface area contributed by atoms with E-state index in [9.17, 15) is 10.2 Å². The molecular formula is C16H20N6O3. The van der Waals surface area contributed by atoms with Crippen molar-refractivity contribution in [2.45, 2.75) is 0 Å². The summed E-state index contributed by atoms with van der Waals surface area (Å²) in [6, 6.07) is 7.48. The lowest BCUT2D eigenvalue weighted by atomic mass is 10.3. The largest absolute Gasteiger partial charge is 0.497 e. The maximum Gasteiger partial charge on any atom is 0.229 e. The van der Waals surface area contributed by atoms with Gasteiger partial charge in [-0.1, -0.05) is 6.07 Å². The molecule has 0 spiro atoms. The molecule has 3 aromatic rings. The molecule has 0 saturated heterocycles. The van der Waals surface area contributed by atoms with E-state index >= 15 is 0 Å². The van der Waals surface area contributed by atoms with Crippen molar-refractivity contribution in [2.75, 3.05) is 43.6 Å². The monoisotopic (exact) mass is 344 g/mol. The Labute approximate surface area is 144 Å². The van der Waals surface area contributed by atoms with Crippen molar-refractivity contribution in [3.05, 3.63) is 30.5 Å². The normalized spacial score (nSPS) is 10.8. The molecule has 2 heterocycles. The Morgan fingerprint density at radius 2 is 2.00 bits per heavy atom. The maximum atomic E-state index is 9.23. The summed E-state index contributed by atoms with van der Waals surface area (Å²) in [5.74, 6) is 1.69. The molecule has 0 saturated carbocycles. The molecule has 132 valence electrons. The summed E-state index contributed by atoms with van der Waals surface area (Å²) in [4.78, 5) is 10.7. The van der Waals surface area contributed by atoms with E-state index in [0.29, 0.717) is 30.5 Å². The summed E-state index contributed by atoms with van der Waals surface area (Å²) in [7, 11) is 1.61. The number of hydrogen-bond acceptors (Lipinski definition) is 8. The SMILES string of the molecule is COc1cccc(Nc2nc(N(CCO)CCO)nc3[nH]ncc23)c1. The van der Waals surface area contributed by atoms with Crippen LogP contribution < -0.4 is 15.0 Å². The summed E-state index contributed by atoms with van der Waals surface area (Å²) in [5, 5.41) is 29.3. The van der Waals surface area contributed by atoms with Crippen LogP contribution in [0.5, 0.6) is 5.75 Å². The quantitative estimate of drug-likeness (QED) is 0.476. The van der Waals surface area contributed by atoms with Gasteiger partial charge in [-0.15, -0.1) is 0 Å². The minimum Gasteiger partial charge on any atom is -0.497 e. The summed E-state index contributed by atoms with van der Waals surface area (Å²) in [6.45, 7) is 0.504. The van der Waals surface area contributed by atoms with Gasteiger partial charge in [-0.3, -0.25) is 5.10 Å². The maximum absolute atomic E-state index is 9.23. The zero-order chi connectivity index (χ0) is 17.6. The van der Waals surface area contributed by atoms with Gasteiger partial charge in [0.05, 0.1) is 31.9 Å². The van der Waals surface area contributed by atoms with Crippen LogP contribution in [0.15, 0.2) is 30.5 Å². The number of H-pyrrole nitrogens is 1. The Morgan fingerprint density at radius 1 is 1.20 bits per heavy atom. The van der Waals surface area contributed by atoms with Crippen LogP contribution in [0.25, 0.3) is 11.0 Å². The highest BCUT2D eigenvalue weighted by Crippen LogP contribution is 2.26. The minimum absolute atomic E-state index is 0.0664. The van der Waals surface area contributed by atoms with Gasteiger partial charge in [0.2, 0.25) is 5.95 Å². The molecule has 0 unspecified atom stereocenters. The van der Waals surface area contributed by atoms with E-state index in [1.807, 2.05) is 24.3 Å². The molecule has 3 rings (SSSR count). The summed E-state index contributed by atoms with van der Waals surface area (Å²) < 4.78 is 5.24. The lowest BCUT2D eigenvalue weighted by molar-refractivity contribution is 0.280. The zero-order valence-electron chi connectivity index (χ0n) is 13.8. The summed E-state index contributed by atoms with van der Waals surface area (Å²) in [5.41, 5.74) is 1.37. The van der Waals surface area contributed by atoms with Gasteiger partial charge >= 0.3 is 0 Å². The van der Waals surface area contributed by atoms with Gasteiger partial charge in [0.15, 0.2) is 5.65 Å². The Balaban J connectivity index is 1.99. The smallest absolute Gasteiger partial charge is 0.229 e. The number of methoxy groups -OCH3 is 1. The van der Waals surface area contributed by atoms with Gasteiger partial charge in [-0.25, -0.2) is 0 Å². The number of benzene rings is 1. The molecule has 0 aliphatic heterocycles. The van der Waals surface area contributed by atoms with Crippen LogP contribution in [-0.2, 0) is 0 Å². The average Bonchev–Trinajstić information content (AvgIpc) is 3.10. The van der Waals surface area contributed by atoms with Gasteiger partial charge < -0.3 is 25.2 Å². The number of anilines is 3. The molecule has 0 radical (unpaired) electrons. The summed E-state index contributed by atoms with van der Waals surface area (Å²) in [6.07, 6.45) is 1.64. The van der Waals surface area contributed by atoms with Gasteiger partial charge in [0.1, 0.15) is 11.6 Å². The Kier molecular flexibility index (Phi) is 5.26. The first kappa shape index (κ1) is 16.9. The average molecular weight is 344 g/mol. The van der Waals surface area contributed by atoms with E-state index in [0.717, 1.165) is 16.8 Å². The molecule has 0 amide bonds. The van der Waals surface area contributed by atoms with Crippen LogP contribution >= 0.6 is 0 Å². The molecule has 9 heteroatoms. The van der Waals surface area contributed by atoms with Crippen LogP contribution in [0.1, 0.15) is 0 Å². The fourth-order valence-electron chi connectivity index (χ4n) is 2.45. The first-order valence-electron chi connectivity index (χ1n) is 7.84. The number of aliphatic hydroxyl groups excluding tert-OH is 2. The Bertz CT molecular complexity index is 832. The molecule has 25 heavy (non-hydrogen) atoms. The van der Waals surface area contributed by atoms with Gasteiger partial charge in [0.25, 0.3) is 0 Å². The first-order chi connectivity index (χ1) is 12.2. The number of nitrogens with zero attached hydrogens (tertiary/aromatic N) is 4. The van der Waals surface area contributed by atoms with Crippen molar-refractivity contribution in [3.63, 3.8) is 0 Å². The number of fused-ring (bicyclic) bond motifs is 1. The number of aromatic nitrogens is 4.